The molecule has 4 rings (SSSR count). The molecule has 170 valence electrons. The Bertz CT molecular complexity index is 1260. The van der Waals surface area contributed by atoms with Crippen molar-refractivity contribution < 1.29 is 4.79 Å². The highest BCUT2D eigenvalue weighted by Crippen LogP contribution is 2.40. The lowest BCUT2D eigenvalue weighted by Crippen LogP contribution is -2.18. The fraction of sp³-hybridized carbons (Fsp3) is 0.296. The second-order valence-corrected chi connectivity index (χ2v) is 9.63. The normalized spacial score (nSPS) is 12.0. The van der Waals surface area contributed by atoms with Crippen LogP contribution in [-0.4, -0.2) is 22.4 Å². The molecule has 0 spiro atoms. The van der Waals surface area contributed by atoms with E-state index in [0.717, 1.165) is 39.3 Å². The van der Waals surface area contributed by atoms with Crippen LogP contribution in [0.1, 0.15) is 48.6 Å². The van der Waals surface area contributed by atoms with Gasteiger partial charge in [-0.05, 0) is 43.4 Å². The molecule has 2 aromatic carbocycles. The minimum atomic E-state index is -0.0104. The maximum atomic E-state index is 12.7. The van der Waals surface area contributed by atoms with Gasteiger partial charge in [-0.25, -0.2) is 9.97 Å². The van der Waals surface area contributed by atoms with E-state index in [0.29, 0.717) is 18.9 Å². The zero-order valence-corrected chi connectivity index (χ0v) is 20.4. The van der Waals surface area contributed by atoms with Gasteiger partial charge in [-0.2, -0.15) is 0 Å². The van der Waals surface area contributed by atoms with Gasteiger partial charge in [-0.15, -0.1) is 11.3 Å². The lowest BCUT2D eigenvalue weighted by atomic mass is 9.97. The maximum absolute atomic E-state index is 12.7. The number of benzene rings is 2. The summed E-state index contributed by atoms with van der Waals surface area (Å²) in [6.45, 7) is 9.04. The molecule has 0 fully saturated rings. The van der Waals surface area contributed by atoms with Crippen LogP contribution in [0.2, 0.25) is 0 Å². The van der Waals surface area contributed by atoms with Gasteiger partial charge in [-0.3, -0.25) is 4.79 Å². The fourth-order valence-electron chi connectivity index (χ4n) is 4.01. The van der Waals surface area contributed by atoms with Crippen molar-refractivity contribution in [3.63, 3.8) is 0 Å². The van der Waals surface area contributed by atoms with E-state index < -0.39 is 0 Å². The van der Waals surface area contributed by atoms with E-state index in [4.69, 9.17) is 0 Å². The predicted octanol–water partition coefficient (Wildman–Crippen LogP) is 6.93. The molecular weight excluding hydrogens is 428 g/mol. The van der Waals surface area contributed by atoms with Crippen LogP contribution in [0, 0.1) is 13.8 Å². The number of carbonyl (C=O) groups excluding carboxylic acids is 1. The molecule has 0 aliphatic heterocycles. The van der Waals surface area contributed by atoms with Crippen LogP contribution in [0.3, 0.4) is 0 Å². The van der Waals surface area contributed by atoms with Crippen molar-refractivity contribution in [2.45, 2.75) is 46.5 Å². The third-order valence-corrected chi connectivity index (χ3v) is 7.04. The second kappa shape index (κ2) is 10.1. The number of thiophene rings is 1. The lowest BCUT2D eigenvalue weighted by Gasteiger charge is -2.16. The van der Waals surface area contributed by atoms with E-state index in [1.165, 1.54) is 16.0 Å². The van der Waals surface area contributed by atoms with E-state index in [1.807, 2.05) is 18.2 Å². The molecule has 33 heavy (non-hydrogen) atoms. The number of hydrogen-bond donors (Lipinski definition) is 2. The Kier molecular flexibility index (Phi) is 7.04. The number of nitrogens with zero attached hydrogens (tertiary/aromatic N) is 2. The molecule has 1 amide bonds. The molecule has 1 unspecified atom stereocenters. The molecule has 2 N–H and O–H groups in total. The van der Waals surface area contributed by atoms with Crippen LogP contribution in [0.5, 0.6) is 0 Å². The molecule has 5 nitrogen and oxygen atoms in total. The zero-order valence-electron chi connectivity index (χ0n) is 19.6. The van der Waals surface area contributed by atoms with Gasteiger partial charge in [0.05, 0.1) is 5.39 Å². The van der Waals surface area contributed by atoms with Crippen molar-refractivity contribution in [2.75, 3.05) is 17.2 Å². The summed E-state index contributed by atoms with van der Waals surface area (Å²) in [5.74, 6) is 1.16. The summed E-state index contributed by atoms with van der Waals surface area (Å²) in [6.07, 6.45) is 2.97. The standard InChI is InChI=1S/C27H30N4OS/c1-5-18(3)21-8-6-7-9-22(21)31-23(32)14-15-28-26-25-24(20-12-10-17(2)11-13-20)19(4)33-27(25)30-16-29-26/h6-13,16,18H,5,14-15H2,1-4H3,(H,31,32)(H,28,29,30). The number of para-hydroxylation sites is 1. The minimum absolute atomic E-state index is 0.0104. The Morgan fingerprint density at radius 1 is 1.06 bits per heavy atom. The number of aryl methyl sites for hydroxylation is 2. The summed E-state index contributed by atoms with van der Waals surface area (Å²) in [5.41, 5.74) is 5.62. The number of nitrogens with one attached hydrogen (secondary N) is 2. The number of rotatable bonds is 8. The highest BCUT2D eigenvalue weighted by molar-refractivity contribution is 7.19. The van der Waals surface area contributed by atoms with Crippen LogP contribution in [0.4, 0.5) is 11.5 Å². The first-order valence-corrected chi connectivity index (χ1v) is 12.2. The second-order valence-electron chi connectivity index (χ2n) is 8.42. The summed E-state index contributed by atoms with van der Waals surface area (Å²) in [7, 11) is 0. The van der Waals surface area contributed by atoms with Crippen LogP contribution in [-0.2, 0) is 4.79 Å². The first-order chi connectivity index (χ1) is 16.0. The van der Waals surface area contributed by atoms with Gasteiger partial charge in [0.15, 0.2) is 0 Å². The van der Waals surface area contributed by atoms with Crippen molar-refractivity contribution >= 4 is 39.0 Å². The number of anilines is 2. The van der Waals surface area contributed by atoms with Gasteiger partial charge in [-0.1, -0.05) is 61.9 Å². The van der Waals surface area contributed by atoms with E-state index in [2.05, 4.69) is 78.6 Å². The summed E-state index contributed by atoms with van der Waals surface area (Å²) < 4.78 is 0. The third kappa shape index (κ3) is 5.06. The molecule has 0 aliphatic rings. The molecule has 0 bridgehead atoms. The quantitative estimate of drug-likeness (QED) is 0.300. The molecular formula is C27H30N4OS. The highest BCUT2D eigenvalue weighted by atomic mass is 32.1. The van der Waals surface area contributed by atoms with Crippen molar-refractivity contribution in [1.29, 1.82) is 0 Å². The molecule has 6 heteroatoms. The number of aromatic nitrogens is 2. The van der Waals surface area contributed by atoms with E-state index in [9.17, 15) is 4.79 Å². The monoisotopic (exact) mass is 458 g/mol. The number of fused-ring (bicyclic) bond motifs is 1. The van der Waals surface area contributed by atoms with Crippen molar-refractivity contribution in [1.82, 2.24) is 9.97 Å². The Balaban J connectivity index is 1.49. The average molecular weight is 459 g/mol. The number of carbonyl (C=O) groups is 1. The maximum Gasteiger partial charge on any atom is 0.226 e. The van der Waals surface area contributed by atoms with Gasteiger partial charge in [0.2, 0.25) is 5.91 Å². The first kappa shape index (κ1) is 22.9. The smallest absolute Gasteiger partial charge is 0.226 e. The van der Waals surface area contributed by atoms with Crippen LogP contribution in [0.25, 0.3) is 21.3 Å². The molecule has 0 aliphatic carbocycles. The fourth-order valence-corrected chi connectivity index (χ4v) is 5.03. The van der Waals surface area contributed by atoms with Crippen molar-refractivity contribution in [3.8, 4) is 11.1 Å². The minimum Gasteiger partial charge on any atom is -0.369 e. The molecule has 2 heterocycles. The van der Waals surface area contributed by atoms with Gasteiger partial charge in [0.1, 0.15) is 17.0 Å². The van der Waals surface area contributed by atoms with Crippen molar-refractivity contribution in [2.24, 2.45) is 0 Å². The zero-order chi connectivity index (χ0) is 23.4. The van der Waals surface area contributed by atoms with Crippen LogP contribution in [0.15, 0.2) is 54.9 Å². The van der Waals surface area contributed by atoms with Crippen molar-refractivity contribution in [3.05, 3.63) is 70.9 Å². The molecule has 1 atom stereocenters. The highest BCUT2D eigenvalue weighted by Gasteiger charge is 2.17. The van der Waals surface area contributed by atoms with Crippen LogP contribution < -0.4 is 10.6 Å². The predicted molar refractivity (Wildman–Crippen MR) is 139 cm³/mol. The van der Waals surface area contributed by atoms with Gasteiger partial charge in [0, 0.05) is 29.1 Å². The SMILES string of the molecule is CCC(C)c1ccccc1NC(=O)CCNc1ncnc2sc(C)c(-c3ccc(C)cc3)c12. The Labute approximate surface area is 199 Å². The summed E-state index contributed by atoms with van der Waals surface area (Å²) in [4.78, 5) is 23.8. The Morgan fingerprint density at radius 2 is 1.82 bits per heavy atom. The number of amides is 1. The topological polar surface area (TPSA) is 66.9 Å². The van der Waals surface area contributed by atoms with Gasteiger partial charge >= 0.3 is 0 Å². The van der Waals surface area contributed by atoms with E-state index in [1.54, 1.807) is 17.7 Å². The molecule has 0 radical (unpaired) electrons. The van der Waals surface area contributed by atoms with Gasteiger partial charge < -0.3 is 10.6 Å². The summed E-state index contributed by atoms with van der Waals surface area (Å²) in [5, 5.41) is 7.49. The Hall–Kier alpha value is -3.25. The van der Waals surface area contributed by atoms with Crippen LogP contribution >= 0.6 is 11.3 Å². The molecule has 0 saturated heterocycles. The number of hydrogen-bond acceptors (Lipinski definition) is 5. The molecule has 2 aromatic heterocycles. The van der Waals surface area contributed by atoms with E-state index in [-0.39, 0.29) is 5.91 Å². The summed E-state index contributed by atoms with van der Waals surface area (Å²) >= 11 is 1.67. The van der Waals surface area contributed by atoms with Gasteiger partial charge in [0.25, 0.3) is 0 Å². The largest absolute Gasteiger partial charge is 0.369 e. The molecule has 4 aromatic rings. The average Bonchev–Trinajstić information content (AvgIpc) is 3.16. The van der Waals surface area contributed by atoms with E-state index >= 15 is 0 Å². The first-order valence-electron chi connectivity index (χ1n) is 11.4. The summed E-state index contributed by atoms with van der Waals surface area (Å²) in [6, 6.07) is 16.6. The Morgan fingerprint density at radius 3 is 2.58 bits per heavy atom. The lowest BCUT2D eigenvalue weighted by molar-refractivity contribution is -0.115. The molecule has 0 saturated carbocycles. The third-order valence-electron chi connectivity index (χ3n) is 6.03.